The topological polar surface area (TPSA) is 69.6 Å². The Morgan fingerprint density at radius 1 is 1.62 bits per heavy atom. The van der Waals surface area contributed by atoms with Crippen molar-refractivity contribution < 1.29 is 14.7 Å². The first-order valence-electron chi connectivity index (χ1n) is 4.29. The SMILES string of the molecule is CCN(CCNCC=O)CC(=O)O. The van der Waals surface area contributed by atoms with E-state index in [2.05, 4.69) is 5.32 Å². The third-order valence-electron chi connectivity index (χ3n) is 1.64. The summed E-state index contributed by atoms with van der Waals surface area (Å²) in [6.45, 7) is 4.28. The minimum atomic E-state index is -0.822. The first kappa shape index (κ1) is 12.1. The van der Waals surface area contributed by atoms with Crippen molar-refractivity contribution in [2.24, 2.45) is 0 Å². The maximum atomic E-state index is 10.3. The second-order valence-electron chi connectivity index (χ2n) is 2.63. The van der Waals surface area contributed by atoms with Gasteiger partial charge in [0, 0.05) is 13.1 Å². The molecule has 13 heavy (non-hydrogen) atoms. The van der Waals surface area contributed by atoms with Crippen LogP contribution in [0, 0.1) is 0 Å². The number of aliphatic carboxylic acids is 1. The van der Waals surface area contributed by atoms with Crippen LogP contribution in [0.15, 0.2) is 0 Å². The number of nitrogens with zero attached hydrogens (tertiary/aromatic N) is 1. The maximum Gasteiger partial charge on any atom is 0.317 e. The van der Waals surface area contributed by atoms with E-state index in [-0.39, 0.29) is 6.54 Å². The van der Waals surface area contributed by atoms with Crippen molar-refractivity contribution in [1.29, 1.82) is 0 Å². The van der Waals surface area contributed by atoms with Crippen molar-refractivity contribution in [1.82, 2.24) is 10.2 Å². The molecule has 0 radical (unpaired) electrons. The Hall–Kier alpha value is -0.940. The van der Waals surface area contributed by atoms with E-state index in [1.807, 2.05) is 6.92 Å². The predicted octanol–water partition coefficient (Wildman–Crippen LogP) is -0.819. The number of aldehydes is 1. The first-order chi connectivity index (χ1) is 6.20. The Morgan fingerprint density at radius 3 is 2.77 bits per heavy atom. The largest absolute Gasteiger partial charge is 0.480 e. The number of carboxylic acids is 1. The number of nitrogens with one attached hydrogen (secondary N) is 1. The lowest BCUT2D eigenvalue weighted by Gasteiger charge is -2.17. The van der Waals surface area contributed by atoms with Crippen LogP contribution in [0.4, 0.5) is 0 Å². The summed E-state index contributed by atoms with van der Waals surface area (Å²) in [5.74, 6) is -0.822. The van der Waals surface area contributed by atoms with Gasteiger partial charge in [-0.15, -0.1) is 0 Å². The molecule has 0 saturated heterocycles. The highest BCUT2D eigenvalue weighted by molar-refractivity contribution is 5.69. The van der Waals surface area contributed by atoms with Crippen molar-refractivity contribution in [2.45, 2.75) is 6.92 Å². The molecule has 0 unspecified atom stereocenters. The molecular formula is C8H16N2O3. The molecule has 0 aromatic rings. The van der Waals surface area contributed by atoms with Gasteiger partial charge in [0.25, 0.3) is 0 Å². The Morgan fingerprint density at radius 2 is 2.31 bits per heavy atom. The molecule has 0 bridgehead atoms. The van der Waals surface area contributed by atoms with E-state index in [4.69, 9.17) is 5.11 Å². The highest BCUT2D eigenvalue weighted by Gasteiger charge is 2.05. The maximum absolute atomic E-state index is 10.3. The van der Waals surface area contributed by atoms with Crippen LogP contribution in [0.3, 0.4) is 0 Å². The third kappa shape index (κ3) is 7.42. The zero-order valence-electron chi connectivity index (χ0n) is 7.82. The molecule has 0 aliphatic carbocycles. The minimum Gasteiger partial charge on any atom is -0.480 e. The molecular weight excluding hydrogens is 172 g/mol. The lowest BCUT2D eigenvalue weighted by molar-refractivity contribution is -0.138. The second-order valence-corrected chi connectivity index (χ2v) is 2.63. The van der Waals surface area contributed by atoms with Gasteiger partial charge in [0.1, 0.15) is 6.29 Å². The van der Waals surface area contributed by atoms with Crippen LogP contribution >= 0.6 is 0 Å². The van der Waals surface area contributed by atoms with Crippen molar-refractivity contribution in [2.75, 3.05) is 32.7 Å². The lowest BCUT2D eigenvalue weighted by Crippen LogP contribution is -2.36. The molecule has 0 aliphatic rings. The summed E-state index contributed by atoms with van der Waals surface area (Å²) in [5, 5.41) is 11.4. The number of hydrogen-bond donors (Lipinski definition) is 2. The molecule has 0 aromatic carbocycles. The van der Waals surface area contributed by atoms with Crippen LogP contribution in [-0.2, 0) is 9.59 Å². The van der Waals surface area contributed by atoms with E-state index in [9.17, 15) is 9.59 Å². The van der Waals surface area contributed by atoms with Crippen molar-refractivity contribution in [3.63, 3.8) is 0 Å². The molecule has 0 atom stereocenters. The average Bonchev–Trinajstić information content (AvgIpc) is 2.09. The minimum absolute atomic E-state index is 0.0548. The predicted molar refractivity (Wildman–Crippen MR) is 48.7 cm³/mol. The number of rotatable bonds is 8. The fourth-order valence-corrected chi connectivity index (χ4v) is 0.938. The Kier molecular flexibility index (Phi) is 7.14. The zero-order chi connectivity index (χ0) is 10.1. The molecule has 76 valence electrons. The third-order valence-corrected chi connectivity index (χ3v) is 1.64. The zero-order valence-corrected chi connectivity index (χ0v) is 7.82. The number of hydrogen-bond acceptors (Lipinski definition) is 4. The van der Waals surface area contributed by atoms with E-state index in [0.29, 0.717) is 26.2 Å². The van der Waals surface area contributed by atoms with Gasteiger partial charge in [0.15, 0.2) is 0 Å². The fraction of sp³-hybridized carbons (Fsp3) is 0.750. The summed E-state index contributed by atoms with van der Waals surface area (Å²) in [6, 6.07) is 0. The van der Waals surface area contributed by atoms with E-state index in [1.165, 1.54) is 0 Å². The number of carbonyl (C=O) groups excluding carboxylic acids is 1. The molecule has 0 saturated carbocycles. The van der Waals surface area contributed by atoms with Crippen LogP contribution in [0.1, 0.15) is 6.92 Å². The monoisotopic (exact) mass is 188 g/mol. The number of carbonyl (C=O) groups is 2. The van der Waals surface area contributed by atoms with Gasteiger partial charge < -0.3 is 15.2 Å². The molecule has 0 fully saturated rings. The molecule has 0 aliphatic heterocycles. The highest BCUT2D eigenvalue weighted by Crippen LogP contribution is 1.85. The molecule has 0 aromatic heterocycles. The van der Waals surface area contributed by atoms with Gasteiger partial charge in [-0.25, -0.2) is 0 Å². The quantitative estimate of drug-likeness (QED) is 0.385. The fourth-order valence-electron chi connectivity index (χ4n) is 0.938. The van der Waals surface area contributed by atoms with Gasteiger partial charge in [-0.3, -0.25) is 9.69 Å². The summed E-state index contributed by atoms with van der Waals surface area (Å²) >= 11 is 0. The van der Waals surface area contributed by atoms with Crippen molar-refractivity contribution >= 4 is 12.3 Å². The number of likely N-dealkylation sites (N-methyl/N-ethyl adjacent to an activating group) is 1. The van der Waals surface area contributed by atoms with E-state index < -0.39 is 5.97 Å². The Balaban J connectivity index is 3.47. The average molecular weight is 188 g/mol. The molecule has 5 heteroatoms. The summed E-state index contributed by atoms with van der Waals surface area (Å²) in [4.78, 5) is 22.1. The standard InChI is InChI=1S/C8H16N2O3/c1-2-10(7-8(12)13)5-3-9-4-6-11/h6,9H,2-5,7H2,1H3,(H,12,13). The van der Waals surface area contributed by atoms with E-state index >= 15 is 0 Å². The smallest absolute Gasteiger partial charge is 0.317 e. The molecule has 0 heterocycles. The molecule has 2 N–H and O–H groups in total. The van der Waals surface area contributed by atoms with Crippen molar-refractivity contribution in [3.8, 4) is 0 Å². The summed E-state index contributed by atoms with van der Waals surface area (Å²) < 4.78 is 0. The van der Waals surface area contributed by atoms with Gasteiger partial charge in [-0.05, 0) is 6.54 Å². The van der Waals surface area contributed by atoms with Crippen LogP contribution in [0.5, 0.6) is 0 Å². The van der Waals surface area contributed by atoms with Gasteiger partial charge >= 0.3 is 5.97 Å². The molecule has 5 nitrogen and oxygen atoms in total. The van der Waals surface area contributed by atoms with E-state index in [1.54, 1.807) is 4.90 Å². The molecule has 0 rings (SSSR count). The summed E-state index contributed by atoms with van der Waals surface area (Å²) in [5.41, 5.74) is 0. The Bertz CT molecular complexity index is 161. The number of carboxylic acid groups (broad SMARTS) is 1. The summed E-state index contributed by atoms with van der Waals surface area (Å²) in [6.07, 6.45) is 0.785. The van der Waals surface area contributed by atoms with E-state index in [0.717, 1.165) is 6.29 Å². The van der Waals surface area contributed by atoms with Gasteiger partial charge in [-0.1, -0.05) is 6.92 Å². The van der Waals surface area contributed by atoms with Gasteiger partial charge in [-0.2, -0.15) is 0 Å². The normalized spacial score (nSPS) is 10.3. The molecule has 0 amide bonds. The molecule has 0 spiro atoms. The van der Waals surface area contributed by atoms with Gasteiger partial charge in [0.05, 0.1) is 13.1 Å². The van der Waals surface area contributed by atoms with Crippen LogP contribution < -0.4 is 5.32 Å². The van der Waals surface area contributed by atoms with Crippen LogP contribution in [0.2, 0.25) is 0 Å². The van der Waals surface area contributed by atoms with Crippen LogP contribution in [-0.4, -0.2) is 55.0 Å². The van der Waals surface area contributed by atoms with Crippen molar-refractivity contribution in [3.05, 3.63) is 0 Å². The summed E-state index contributed by atoms with van der Waals surface area (Å²) in [7, 11) is 0. The first-order valence-corrected chi connectivity index (χ1v) is 4.29. The second kappa shape index (κ2) is 7.70. The highest BCUT2D eigenvalue weighted by atomic mass is 16.4. The lowest BCUT2D eigenvalue weighted by atomic mass is 10.4. The van der Waals surface area contributed by atoms with Crippen LogP contribution in [0.25, 0.3) is 0 Å². The Labute approximate surface area is 77.7 Å². The van der Waals surface area contributed by atoms with Gasteiger partial charge in [0.2, 0.25) is 0 Å².